The third-order valence-electron chi connectivity index (χ3n) is 2.91. The molecule has 1 aromatic heterocycles. The zero-order valence-electron chi connectivity index (χ0n) is 12.1. The van der Waals surface area contributed by atoms with Gasteiger partial charge >= 0.3 is 0 Å². The lowest BCUT2D eigenvalue weighted by Gasteiger charge is -2.08. The van der Waals surface area contributed by atoms with Crippen LogP contribution in [0.2, 0.25) is 10.0 Å². The molecule has 0 aliphatic carbocycles. The summed E-state index contributed by atoms with van der Waals surface area (Å²) in [6, 6.07) is 4.86. The molecule has 0 bridgehead atoms. The van der Waals surface area contributed by atoms with Crippen LogP contribution in [0.15, 0.2) is 30.6 Å². The fourth-order valence-corrected chi connectivity index (χ4v) is 2.15. The molecular weight excluding hydrogens is 323 g/mol. The van der Waals surface area contributed by atoms with E-state index in [-0.39, 0.29) is 5.91 Å². The third-order valence-corrected chi connectivity index (χ3v) is 3.45. The SMILES string of the molecule is CCCCNc1ncc(C(=O)Nc2ccc(Cl)cc2Cl)cn1. The summed E-state index contributed by atoms with van der Waals surface area (Å²) in [4.78, 5) is 20.3. The van der Waals surface area contributed by atoms with E-state index in [1.807, 2.05) is 0 Å². The Kier molecular flexibility index (Phi) is 5.98. The second-order valence-corrected chi connectivity index (χ2v) is 5.50. The Balaban J connectivity index is 2.00. The number of amides is 1. The molecule has 2 N–H and O–H groups in total. The maximum Gasteiger partial charge on any atom is 0.258 e. The molecular formula is C15H16Cl2N4O. The highest BCUT2D eigenvalue weighted by Gasteiger charge is 2.10. The highest BCUT2D eigenvalue weighted by Crippen LogP contribution is 2.25. The van der Waals surface area contributed by atoms with Crippen molar-refractivity contribution in [1.29, 1.82) is 0 Å². The number of hydrogen-bond acceptors (Lipinski definition) is 4. The number of nitrogens with one attached hydrogen (secondary N) is 2. The summed E-state index contributed by atoms with van der Waals surface area (Å²) in [5.74, 6) is 0.179. The molecule has 0 fully saturated rings. The first-order valence-electron chi connectivity index (χ1n) is 6.92. The lowest BCUT2D eigenvalue weighted by atomic mass is 10.2. The van der Waals surface area contributed by atoms with Crippen molar-refractivity contribution in [2.75, 3.05) is 17.2 Å². The van der Waals surface area contributed by atoms with E-state index < -0.39 is 0 Å². The van der Waals surface area contributed by atoms with E-state index in [0.29, 0.717) is 27.2 Å². The van der Waals surface area contributed by atoms with Gasteiger partial charge in [-0.05, 0) is 24.6 Å². The first-order chi connectivity index (χ1) is 10.6. The topological polar surface area (TPSA) is 66.9 Å². The Morgan fingerprint density at radius 3 is 2.59 bits per heavy atom. The zero-order valence-corrected chi connectivity index (χ0v) is 13.6. The van der Waals surface area contributed by atoms with Crippen LogP contribution in [0.4, 0.5) is 11.6 Å². The molecule has 0 atom stereocenters. The van der Waals surface area contributed by atoms with Gasteiger partial charge in [-0.2, -0.15) is 0 Å². The van der Waals surface area contributed by atoms with E-state index in [9.17, 15) is 4.79 Å². The minimum atomic E-state index is -0.329. The summed E-state index contributed by atoms with van der Waals surface area (Å²) in [6.07, 6.45) is 5.08. The summed E-state index contributed by atoms with van der Waals surface area (Å²) >= 11 is 11.8. The first-order valence-corrected chi connectivity index (χ1v) is 7.68. The zero-order chi connectivity index (χ0) is 15.9. The molecule has 1 amide bonds. The smallest absolute Gasteiger partial charge is 0.258 e. The van der Waals surface area contributed by atoms with E-state index >= 15 is 0 Å². The summed E-state index contributed by atoms with van der Waals surface area (Å²) in [5, 5.41) is 6.67. The van der Waals surface area contributed by atoms with Crippen molar-refractivity contribution in [2.24, 2.45) is 0 Å². The minimum Gasteiger partial charge on any atom is -0.354 e. The Morgan fingerprint density at radius 1 is 1.23 bits per heavy atom. The van der Waals surface area contributed by atoms with Crippen molar-refractivity contribution in [3.05, 3.63) is 46.2 Å². The second-order valence-electron chi connectivity index (χ2n) is 4.65. The van der Waals surface area contributed by atoms with Crippen molar-refractivity contribution >= 4 is 40.7 Å². The number of rotatable bonds is 6. The molecule has 22 heavy (non-hydrogen) atoms. The number of halogens is 2. The molecule has 2 aromatic rings. The molecule has 0 aliphatic heterocycles. The Hall–Kier alpha value is -1.85. The van der Waals surface area contributed by atoms with E-state index in [1.165, 1.54) is 12.4 Å². The number of carbonyl (C=O) groups excluding carboxylic acids is 1. The van der Waals surface area contributed by atoms with Gasteiger partial charge in [-0.1, -0.05) is 36.5 Å². The average molecular weight is 339 g/mol. The lowest BCUT2D eigenvalue weighted by molar-refractivity contribution is 0.102. The highest BCUT2D eigenvalue weighted by molar-refractivity contribution is 6.36. The fraction of sp³-hybridized carbons (Fsp3) is 0.267. The largest absolute Gasteiger partial charge is 0.354 e. The highest BCUT2D eigenvalue weighted by atomic mass is 35.5. The number of aromatic nitrogens is 2. The van der Waals surface area contributed by atoms with Crippen LogP contribution in [0.25, 0.3) is 0 Å². The van der Waals surface area contributed by atoms with Crippen LogP contribution in [0, 0.1) is 0 Å². The van der Waals surface area contributed by atoms with Gasteiger partial charge in [0.1, 0.15) is 0 Å². The summed E-state index contributed by atoms with van der Waals surface area (Å²) in [5.41, 5.74) is 0.841. The number of carbonyl (C=O) groups is 1. The van der Waals surface area contributed by atoms with Gasteiger partial charge in [0.2, 0.25) is 5.95 Å². The molecule has 1 heterocycles. The molecule has 0 aliphatic rings. The lowest BCUT2D eigenvalue weighted by Crippen LogP contribution is -2.14. The van der Waals surface area contributed by atoms with Crippen LogP contribution >= 0.6 is 23.2 Å². The van der Waals surface area contributed by atoms with Gasteiger partial charge in [0.15, 0.2) is 0 Å². The third kappa shape index (κ3) is 4.58. The van der Waals surface area contributed by atoms with Crippen molar-refractivity contribution in [2.45, 2.75) is 19.8 Å². The molecule has 1 aromatic carbocycles. The van der Waals surface area contributed by atoms with Gasteiger partial charge < -0.3 is 10.6 Å². The number of anilines is 2. The summed E-state index contributed by atoms with van der Waals surface area (Å²) < 4.78 is 0. The van der Waals surface area contributed by atoms with Crippen molar-refractivity contribution in [3.8, 4) is 0 Å². The number of benzene rings is 1. The summed E-state index contributed by atoms with van der Waals surface area (Å²) in [6.45, 7) is 2.92. The molecule has 0 saturated carbocycles. The standard InChI is InChI=1S/C15H16Cl2N4O/c1-2-3-6-18-15-19-8-10(9-20-15)14(22)21-13-5-4-11(16)7-12(13)17/h4-5,7-9H,2-3,6H2,1H3,(H,21,22)(H,18,19,20). The van der Waals surface area contributed by atoms with Crippen molar-refractivity contribution < 1.29 is 4.79 Å². The van der Waals surface area contributed by atoms with E-state index in [2.05, 4.69) is 27.5 Å². The number of hydrogen-bond donors (Lipinski definition) is 2. The van der Waals surface area contributed by atoms with Gasteiger partial charge in [-0.15, -0.1) is 0 Å². The predicted molar refractivity (Wildman–Crippen MR) is 89.8 cm³/mol. The minimum absolute atomic E-state index is 0.329. The Labute approximate surface area is 139 Å². The quantitative estimate of drug-likeness (QED) is 0.772. The first kappa shape index (κ1) is 16.5. The van der Waals surface area contributed by atoms with E-state index in [0.717, 1.165) is 19.4 Å². The van der Waals surface area contributed by atoms with E-state index in [4.69, 9.17) is 23.2 Å². The molecule has 0 saturated heterocycles. The van der Waals surface area contributed by atoms with Crippen LogP contribution in [0.1, 0.15) is 30.1 Å². The number of nitrogens with zero attached hydrogens (tertiary/aromatic N) is 2. The van der Waals surface area contributed by atoms with Gasteiger partial charge in [0, 0.05) is 24.0 Å². The van der Waals surface area contributed by atoms with Gasteiger partial charge in [0.05, 0.1) is 16.3 Å². The normalized spacial score (nSPS) is 10.3. The monoisotopic (exact) mass is 338 g/mol. The maximum absolute atomic E-state index is 12.1. The van der Waals surface area contributed by atoms with Crippen LogP contribution in [-0.2, 0) is 0 Å². The van der Waals surface area contributed by atoms with Crippen LogP contribution in [0.3, 0.4) is 0 Å². The van der Waals surface area contributed by atoms with Crippen molar-refractivity contribution in [3.63, 3.8) is 0 Å². The summed E-state index contributed by atoms with van der Waals surface area (Å²) in [7, 11) is 0. The Bertz CT molecular complexity index is 646. The fourth-order valence-electron chi connectivity index (χ4n) is 1.70. The maximum atomic E-state index is 12.1. The molecule has 7 heteroatoms. The van der Waals surface area contributed by atoms with Gasteiger partial charge in [0.25, 0.3) is 5.91 Å². The molecule has 0 radical (unpaired) electrons. The molecule has 5 nitrogen and oxygen atoms in total. The molecule has 0 spiro atoms. The predicted octanol–water partition coefficient (Wildman–Crippen LogP) is 4.25. The van der Waals surface area contributed by atoms with Gasteiger partial charge in [-0.3, -0.25) is 4.79 Å². The number of unbranched alkanes of at least 4 members (excludes halogenated alkanes) is 1. The Morgan fingerprint density at radius 2 is 1.95 bits per heavy atom. The average Bonchev–Trinajstić information content (AvgIpc) is 2.51. The van der Waals surface area contributed by atoms with Crippen LogP contribution in [-0.4, -0.2) is 22.4 Å². The van der Waals surface area contributed by atoms with Gasteiger partial charge in [-0.25, -0.2) is 9.97 Å². The second kappa shape index (κ2) is 7.96. The van der Waals surface area contributed by atoms with Crippen LogP contribution < -0.4 is 10.6 Å². The molecule has 0 unspecified atom stereocenters. The van der Waals surface area contributed by atoms with Crippen molar-refractivity contribution in [1.82, 2.24) is 9.97 Å². The van der Waals surface area contributed by atoms with Crippen LogP contribution in [0.5, 0.6) is 0 Å². The molecule has 116 valence electrons. The van der Waals surface area contributed by atoms with E-state index in [1.54, 1.807) is 18.2 Å². The molecule has 2 rings (SSSR count).